The van der Waals surface area contributed by atoms with E-state index in [0.29, 0.717) is 18.1 Å². The van der Waals surface area contributed by atoms with Gasteiger partial charge in [0.05, 0.1) is 0 Å². The van der Waals surface area contributed by atoms with Crippen molar-refractivity contribution in [1.82, 2.24) is 4.90 Å². The number of Topliss-reactive ketones (excluding diaryl/α,β-unsaturated/α-hetero) is 1. The van der Waals surface area contributed by atoms with Crippen LogP contribution in [0, 0.1) is 11.8 Å². The lowest BCUT2D eigenvalue weighted by molar-refractivity contribution is -0.138. The van der Waals surface area contributed by atoms with Gasteiger partial charge in [-0.1, -0.05) is 13.8 Å². The third-order valence-corrected chi connectivity index (χ3v) is 4.27. The Hall–Kier alpha value is -0.860. The van der Waals surface area contributed by atoms with Gasteiger partial charge in [-0.25, -0.2) is 0 Å². The molecule has 0 N–H and O–H groups in total. The number of ketones is 1. The molecule has 2 aliphatic rings. The number of hydrogen-bond donors (Lipinski definition) is 0. The van der Waals surface area contributed by atoms with Crippen LogP contribution in [-0.2, 0) is 9.59 Å². The van der Waals surface area contributed by atoms with Gasteiger partial charge in [0.15, 0.2) is 0 Å². The van der Waals surface area contributed by atoms with E-state index in [1.54, 1.807) is 0 Å². The van der Waals surface area contributed by atoms with E-state index in [0.717, 1.165) is 38.6 Å². The van der Waals surface area contributed by atoms with Crippen LogP contribution in [0.15, 0.2) is 0 Å². The maximum absolute atomic E-state index is 12.3. The van der Waals surface area contributed by atoms with Gasteiger partial charge >= 0.3 is 0 Å². The zero-order valence-electron chi connectivity index (χ0n) is 11.7. The zero-order chi connectivity index (χ0) is 13.1. The summed E-state index contributed by atoms with van der Waals surface area (Å²) < 4.78 is 0. The molecule has 1 amide bonds. The number of carbonyl (C=O) groups is 2. The predicted molar refractivity (Wildman–Crippen MR) is 71.2 cm³/mol. The van der Waals surface area contributed by atoms with Gasteiger partial charge in [0.1, 0.15) is 5.78 Å². The zero-order valence-corrected chi connectivity index (χ0v) is 11.7. The summed E-state index contributed by atoms with van der Waals surface area (Å²) in [6.45, 7) is 5.02. The first kappa shape index (κ1) is 13.6. The maximum atomic E-state index is 12.3. The lowest BCUT2D eigenvalue weighted by Crippen LogP contribution is -2.48. The van der Waals surface area contributed by atoms with Crippen molar-refractivity contribution in [2.75, 3.05) is 6.54 Å². The van der Waals surface area contributed by atoms with E-state index >= 15 is 0 Å². The van der Waals surface area contributed by atoms with E-state index in [1.807, 2.05) is 4.90 Å². The molecule has 1 aliphatic carbocycles. The molecule has 3 nitrogen and oxygen atoms in total. The number of rotatable bonds is 3. The molecule has 0 aromatic carbocycles. The van der Waals surface area contributed by atoms with E-state index in [9.17, 15) is 9.59 Å². The predicted octanol–water partition coefficient (Wildman–Crippen LogP) is 2.78. The van der Waals surface area contributed by atoms with Crippen LogP contribution < -0.4 is 0 Å². The van der Waals surface area contributed by atoms with Gasteiger partial charge in [0.25, 0.3) is 0 Å². The number of likely N-dealkylation sites (tertiary alicyclic amines) is 1. The number of carbonyl (C=O) groups excluding carboxylic acids is 2. The summed E-state index contributed by atoms with van der Waals surface area (Å²) >= 11 is 0. The molecular formula is C15H25NO2. The van der Waals surface area contributed by atoms with E-state index in [-0.39, 0.29) is 17.9 Å². The SMILES string of the molecule is CC(C)CC(=O)N1CCCCC1C1CCCC1=O. The van der Waals surface area contributed by atoms with Crippen LogP contribution in [0.3, 0.4) is 0 Å². The fourth-order valence-corrected chi connectivity index (χ4v) is 3.40. The number of piperidine rings is 1. The topological polar surface area (TPSA) is 37.4 Å². The maximum Gasteiger partial charge on any atom is 0.223 e. The Morgan fingerprint density at radius 3 is 2.67 bits per heavy atom. The summed E-state index contributed by atoms with van der Waals surface area (Å²) in [5.74, 6) is 1.19. The molecule has 2 unspecified atom stereocenters. The minimum absolute atomic E-state index is 0.140. The van der Waals surface area contributed by atoms with Crippen molar-refractivity contribution in [3.63, 3.8) is 0 Å². The largest absolute Gasteiger partial charge is 0.339 e. The van der Waals surface area contributed by atoms with Crippen molar-refractivity contribution < 1.29 is 9.59 Å². The molecule has 2 fully saturated rings. The second kappa shape index (κ2) is 5.85. The molecule has 0 spiro atoms. The van der Waals surface area contributed by atoms with Crippen LogP contribution in [0.25, 0.3) is 0 Å². The monoisotopic (exact) mass is 251 g/mol. The Balaban J connectivity index is 2.05. The van der Waals surface area contributed by atoms with Crippen LogP contribution >= 0.6 is 0 Å². The second-order valence-electron chi connectivity index (χ2n) is 6.21. The quantitative estimate of drug-likeness (QED) is 0.773. The van der Waals surface area contributed by atoms with Gasteiger partial charge in [-0.15, -0.1) is 0 Å². The van der Waals surface area contributed by atoms with Crippen molar-refractivity contribution in [2.45, 2.75) is 64.8 Å². The molecule has 0 radical (unpaired) electrons. The molecule has 0 aromatic rings. The molecule has 1 heterocycles. The highest BCUT2D eigenvalue weighted by atomic mass is 16.2. The molecule has 1 saturated carbocycles. The molecule has 2 rings (SSSR count). The number of amides is 1. The van der Waals surface area contributed by atoms with Crippen molar-refractivity contribution in [2.24, 2.45) is 11.8 Å². The minimum atomic E-state index is 0.140. The van der Waals surface area contributed by atoms with Gasteiger partial charge in [-0.05, 0) is 38.0 Å². The summed E-state index contributed by atoms with van der Waals surface area (Å²) in [6.07, 6.45) is 6.66. The minimum Gasteiger partial charge on any atom is -0.339 e. The molecule has 1 aliphatic heterocycles. The van der Waals surface area contributed by atoms with Crippen molar-refractivity contribution in [3.05, 3.63) is 0 Å². The van der Waals surface area contributed by atoms with E-state index in [2.05, 4.69) is 13.8 Å². The molecule has 0 bridgehead atoms. The Kier molecular flexibility index (Phi) is 4.41. The van der Waals surface area contributed by atoms with Crippen molar-refractivity contribution in [3.8, 4) is 0 Å². The van der Waals surface area contributed by atoms with Crippen LogP contribution in [-0.4, -0.2) is 29.2 Å². The fourth-order valence-electron chi connectivity index (χ4n) is 3.40. The van der Waals surface area contributed by atoms with Gasteiger partial charge in [0, 0.05) is 31.3 Å². The average Bonchev–Trinajstić information content (AvgIpc) is 2.74. The highest BCUT2D eigenvalue weighted by Crippen LogP contribution is 2.33. The van der Waals surface area contributed by atoms with Crippen LogP contribution in [0.5, 0.6) is 0 Å². The molecule has 3 heteroatoms. The van der Waals surface area contributed by atoms with Gasteiger partial charge < -0.3 is 4.90 Å². The summed E-state index contributed by atoms with van der Waals surface area (Å²) in [6, 6.07) is 0.208. The Morgan fingerprint density at radius 1 is 1.28 bits per heavy atom. The molecule has 2 atom stereocenters. The summed E-state index contributed by atoms with van der Waals surface area (Å²) in [7, 11) is 0. The van der Waals surface area contributed by atoms with Crippen LogP contribution in [0.1, 0.15) is 58.8 Å². The standard InChI is InChI=1S/C15H25NO2/c1-11(2)10-15(18)16-9-4-3-7-13(16)12-6-5-8-14(12)17/h11-13H,3-10H2,1-2H3. The molecular weight excluding hydrogens is 226 g/mol. The van der Waals surface area contributed by atoms with E-state index < -0.39 is 0 Å². The summed E-state index contributed by atoms with van der Waals surface area (Å²) in [5.41, 5.74) is 0. The summed E-state index contributed by atoms with van der Waals surface area (Å²) in [4.78, 5) is 26.2. The van der Waals surface area contributed by atoms with E-state index in [1.165, 1.54) is 6.42 Å². The molecule has 0 aromatic heterocycles. The first-order valence-corrected chi connectivity index (χ1v) is 7.41. The third-order valence-electron chi connectivity index (χ3n) is 4.27. The lowest BCUT2D eigenvalue weighted by atomic mass is 9.88. The number of nitrogens with zero attached hydrogens (tertiary/aromatic N) is 1. The first-order valence-electron chi connectivity index (χ1n) is 7.41. The normalized spacial score (nSPS) is 29.1. The van der Waals surface area contributed by atoms with Crippen LogP contribution in [0.2, 0.25) is 0 Å². The Bertz CT molecular complexity index is 324. The van der Waals surface area contributed by atoms with Gasteiger partial charge in [-0.2, -0.15) is 0 Å². The van der Waals surface area contributed by atoms with Crippen molar-refractivity contribution in [1.29, 1.82) is 0 Å². The second-order valence-corrected chi connectivity index (χ2v) is 6.21. The molecule has 18 heavy (non-hydrogen) atoms. The Labute approximate surface area is 110 Å². The van der Waals surface area contributed by atoms with Gasteiger partial charge in [0.2, 0.25) is 5.91 Å². The third kappa shape index (κ3) is 2.93. The lowest BCUT2D eigenvalue weighted by Gasteiger charge is -2.39. The highest BCUT2D eigenvalue weighted by Gasteiger charge is 2.38. The van der Waals surface area contributed by atoms with Gasteiger partial charge in [-0.3, -0.25) is 9.59 Å². The van der Waals surface area contributed by atoms with E-state index in [4.69, 9.17) is 0 Å². The molecule has 102 valence electrons. The smallest absolute Gasteiger partial charge is 0.223 e. The molecule has 1 saturated heterocycles. The fraction of sp³-hybridized carbons (Fsp3) is 0.867. The van der Waals surface area contributed by atoms with Crippen LogP contribution in [0.4, 0.5) is 0 Å². The first-order chi connectivity index (χ1) is 8.59. The average molecular weight is 251 g/mol. The van der Waals surface area contributed by atoms with Crippen molar-refractivity contribution >= 4 is 11.7 Å². The Morgan fingerprint density at radius 2 is 2.06 bits per heavy atom. The summed E-state index contributed by atoms with van der Waals surface area (Å²) in [5, 5.41) is 0. The highest BCUT2D eigenvalue weighted by molar-refractivity contribution is 5.85. The number of hydrogen-bond acceptors (Lipinski definition) is 2.